The molecule has 0 spiro atoms. The number of hydrogen-bond acceptors (Lipinski definition) is 4. The Morgan fingerprint density at radius 3 is 2.96 bits per heavy atom. The van der Waals surface area contributed by atoms with Crippen LogP contribution in [0.2, 0.25) is 0 Å². The molecule has 0 radical (unpaired) electrons. The fourth-order valence-corrected chi connectivity index (χ4v) is 3.81. The van der Waals surface area contributed by atoms with E-state index in [4.69, 9.17) is 4.74 Å². The molecule has 1 aliphatic carbocycles. The van der Waals surface area contributed by atoms with Gasteiger partial charge in [0.1, 0.15) is 6.10 Å². The summed E-state index contributed by atoms with van der Waals surface area (Å²) in [7, 11) is 1.81. The number of pyridine rings is 1. The summed E-state index contributed by atoms with van der Waals surface area (Å²) in [6.45, 7) is 4.64. The van der Waals surface area contributed by atoms with Crippen molar-refractivity contribution >= 4 is 29.9 Å². The molecule has 146 valence electrons. The number of halogens is 1. The molecule has 2 heterocycles. The van der Waals surface area contributed by atoms with Crippen molar-refractivity contribution in [3.8, 4) is 5.88 Å². The minimum atomic E-state index is -0.231. The largest absolute Gasteiger partial charge is 0.472 e. The van der Waals surface area contributed by atoms with Gasteiger partial charge in [0.05, 0.1) is 12.6 Å². The number of aromatic nitrogens is 1. The Hall–Kier alpha value is -1.09. The van der Waals surface area contributed by atoms with E-state index in [0.717, 1.165) is 51.3 Å². The predicted molar refractivity (Wildman–Crippen MR) is 114 cm³/mol. The van der Waals surface area contributed by atoms with E-state index in [1.54, 1.807) is 6.20 Å². The second-order valence-corrected chi connectivity index (χ2v) is 7.46. The van der Waals surface area contributed by atoms with Gasteiger partial charge in [0.25, 0.3) is 0 Å². The van der Waals surface area contributed by atoms with E-state index in [-0.39, 0.29) is 41.6 Å². The van der Waals surface area contributed by atoms with E-state index in [1.165, 1.54) is 6.42 Å². The number of nitrogens with one attached hydrogen (secondary N) is 1. The molecule has 1 saturated heterocycles. The minimum absolute atomic E-state index is 0. The van der Waals surface area contributed by atoms with Gasteiger partial charge in [-0.25, -0.2) is 4.98 Å². The Kier molecular flexibility index (Phi) is 7.94. The summed E-state index contributed by atoms with van der Waals surface area (Å²) in [5.41, 5.74) is -0.0717. The van der Waals surface area contributed by atoms with Gasteiger partial charge in [-0.3, -0.25) is 4.99 Å². The van der Waals surface area contributed by atoms with Crippen LogP contribution in [0, 0.1) is 5.41 Å². The van der Waals surface area contributed by atoms with Crippen LogP contribution in [0.25, 0.3) is 0 Å². The summed E-state index contributed by atoms with van der Waals surface area (Å²) in [5.74, 6) is 1.57. The molecule has 1 aromatic rings. The summed E-state index contributed by atoms with van der Waals surface area (Å²) in [6, 6.07) is 5.71. The molecule has 3 unspecified atom stereocenters. The van der Waals surface area contributed by atoms with Gasteiger partial charge >= 0.3 is 0 Å². The molecule has 2 fully saturated rings. The van der Waals surface area contributed by atoms with E-state index in [9.17, 15) is 5.11 Å². The molecular weight excluding hydrogens is 443 g/mol. The molecule has 0 amide bonds. The van der Waals surface area contributed by atoms with Crippen LogP contribution in [-0.2, 0) is 0 Å². The highest BCUT2D eigenvalue weighted by atomic mass is 127. The molecule has 7 heteroatoms. The quantitative estimate of drug-likeness (QED) is 0.399. The monoisotopic (exact) mass is 474 g/mol. The molecular formula is C19H31IN4O2. The van der Waals surface area contributed by atoms with Crippen LogP contribution >= 0.6 is 24.0 Å². The molecule has 0 aromatic carbocycles. The van der Waals surface area contributed by atoms with Crippen LogP contribution in [0.15, 0.2) is 29.4 Å². The molecule has 2 aliphatic rings. The van der Waals surface area contributed by atoms with E-state index < -0.39 is 0 Å². The number of nitrogens with zero attached hydrogens (tertiary/aromatic N) is 3. The smallest absolute Gasteiger partial charge is 0.213 e. The third-order valence-corrected chi connectivity index (χ3v) is 5.51. The third kappa shape index (κ3) is 5.22. The van der Waals surface area contributed by atoms with Gasteiger partial charge in [0.15, 0.2) is 5.96 Å². The fraction of sp³-hybridized carbons (Fsp3) is 0.684. The highest BCUT2D eigenvalue weighted by Crippen LogP contribution is 2.35. The maximum absolute atomic E-state index is 10.4. The van der Waals surface area contributed by atoms with Crippen molar-refractivity contribution in [3.63, 3.8) is 0 Å². The fourth-order valence-electron chi connectivity index (χ4n) is 3.81. The molecule has 1 aliphatic heterocycles. The van der Waals surface area contributed by atoms with Crippen molar-refractivity contribution in [2.45, 2.75) is 51.2 Å². The molecule has 26 heavy (non-hydrogen) atoms. The summed E-state index contributed by atoms with van der Waals surface area (Å²) < 4.78 is 5.96. The second-order valence-electron chi connectivity index (χ2n) is 7.46. The number of rotatable bonds is 4. The SMILES string of the molecule is CN=C(NCC1(C)CCCCC1O)N1CCC(Oc2ccccn2)C1.I. The lowest BCUT2D eigenvalue weighted by Gasteiger charge is -2.39. The third-order valence-electron chi connectivity index (χ3n) is 5.51. The summed E-state index contributed by atoms with van der Waals surface area (Å²) >= 11 is 0. The number of aliphatic hydroxyl groups is 1. The lowest BCUT2D eigenvalue weighted by atomic mass is 9.73. The number of hydrogen-bond donors (Lipinski definition) is 2. The molecule has 1 saturated carbocycles. The Morgan fingerprint density at radius 2 is 2.27 bits per heavy atom. The van der Waals surface area contributed by atoms with E-state index in [0.29, 0.717) is 5.88 Å². The van der Waals surface area contributed by atoms with Crippen molar-refractivity contribution in [3.05, 3.63) is 24.4 Å². The number of aliphatic hydroxyl groups excluding tert-OH is 1. The highest BCUT2D eigenvalue weighted by Gasteiger charge is 2.36. The first-order chi connectivity index (χ1) is 12.1. The van der Waals surface area contributed by atoms with E-state index in [1.807, 2.05) is 25.2 Å². The average Bonchev–Trinajstić information content (AvgIpc) is 3.07. The Labute approximate surface area is 173 Å². The van der Waals surface area contributed by atoms with Crippen molar-refractivity contribution in [2.24, 2.45) is 10.4 Å². The minimum Gasteiger partial charge on any atom is -0.472 e. The standard InChI is InChI=1S/C19H30N4O2.HI/c1-19(10-5-3-7-16(19)24)14-22-18(20-2)23-12-9-15(13-23)25-17-8-4-6-11-21-17;/h4,6,8,11,15-16,24H,3,5,7,9-10,12-14H2,1-2H3,(H,20,22);1H. The zero-order valence-corrected chi connectivity index (χ0v) is 18.1. The van der Waals surface area contributed by atoms with Crippen LogP contribution in [0.1, 0.15) is 39.0 Å². The highest BCUT2D eigenvalue weighted by molar-refractivity contribution is 14.0. The zero-order chi connectivity index (χ0) is 17.7. The Bertz CT molecular complexity index is 586. The van der Waals surface area contributed by atoms with Gasteiger partial charge in [-0.2, -0.15) is 0 Å². The predicted octanol–water partition coefficient (Wildman–Crippen LogP) is 2.67. The number of aliphatic imine (C=N–C) groups is 1. The number of ether oxygens (including phenoxy) is 1. The Balaban J connectivity index is 0.00000243. The van der Waals surface area contributed by atoms with Gasteiger partial charge in [-0.05, 0) is 18.9 Å². The lowest BCUT2D eigenvalue weighted by Crippen LogP contribution is -2.49. The molecule has 6 nitrogen and oxygen atoms in total. The molecule has 2 N–H and O–H groups in total. The second kappa shape index (κ2) is 9.73. The number of likely N-dealkylation sites (tertiary alicyclic amines) is 1. The maximum Gasteiger partial charge on any atom is 0.213 e. The van der Waals surface area contributed by atoms with Gasteiger partial charge < -0.3 is 20.1 Å². The van der Waals surface area contributed by atoms with Gasteiger partial charge in [0, 0.05) is 44.2 Å². The van der Waals surface area contributed by atoms with Gasteiger partial charge in [-0.15, -0.1) is 24.0 Å². The van der Waals surface area contributed by atoms with Crippen LogP contribution in [-0.4, -0.2) is 59.8 Å². The van der Waals surface area contributed by atoms with E-state index in [2.05, 4.69) is 27.1 Å². The maximum atomic E-state index is 10.4. The van der Waals surface area contributed by atoms with Crippen LogP contribution in [0.4, 0.5) is 0 Å². The lowest BCUT2D eigenvalue weighted by molar-refractivity contribution is 0.00368. The average molecular weight is 474 g/mol. The van der Waals surface area contributed by atoms with Gasteiger partial charge in [-0.1, -0.05) is 25.8 Å². The molecule has 3 atom stereocenters. The first-order valence-corrected chi connectivity index (χ1v) is 9.32. The summed E-state index contributed by atoms with van der Waals surface area (Å²) in [5, 5.41) is 13.8. The summed E-state index contributed by atoms with van der Waals surface area (Å²) in [6.07, 6.45) is 6.89. The van der Waals surface area contributed by atoms with Crippen molar-refractivity contribution in [2.75, 3.05) is 26.7 Å². The van der Waals surface area contributed by atoms with Crippen LogP contribution in [0.5, 0.6) is 5.88 Å². The van der Waals surface area contributed by atoms with E-state index >= 15 is 0 Å². The van der Waals surface area contributed by atoms with Crippen molar-refractivity contribution < 1.29 is 9.84 Å². The van der Waals surface area contributed by atoms with Crippen LogP contribution in [0.3, 0.4) is 0 Å². The molecule has 0 bridgehead atoms. The van der Waals surface area contributed by atoms with Crippen LogP contribution < -0.4 is 10.1 Å². The number of guanidine groups is 1. The molecule has 1 aromatic heterocycles. The first kappa shape index (κ1) is 21.2. The van der Waals surface area contributed by atoms with Gasteiger partial charge in [0.2, 0.25) is 5.88 Å². The molecule has 3 rings (SSSR count). The zero-order valence-electron chi connectivity index (χ0n) is 15.7. The Morgan fingerprint density at radius 1 is 1.42 bits per heavy atom. The van der Waals surface area contributed by atoms with Crippen molar-refractivity contribution in [1.82, 2.24) is 15.2 Å². The van der Waals surface area contributed by atoms with Crippen molar-refractivity contribution in [1.29, 1.82) is 0 Å². The topological polar surface area (TPSA) is 70.0 Å². The normalized spacial score (nSPS) is 29.2. The summed E-state index contributed by atoms with van der Waals surface area (Å²) in [4.78, 5) is 10.9. The first-order valence-electron chi connectivity index (χ1n) is 9.32.